The van der Waals surface area contributed by atoms with Gasteiger partial charge in [0.2, 0.25) is 6.29 Å². The molecule has 0 amide bonds. The van der Waals surface area contributed by atoms with Crippen molar-refractivity contribution in [2.24, 2.45) is 0 Å². The fraction of sp³-hybridized carbons (Fsp3) is 0.429. The summed E-state index contributed by atoms with van der Waals surface area (Å²) < 4.78 is 83.2. The lowest BCUT2D eigenvalue weighted by Gasteiger charge is -2.25. The molecule has 0 saturated carbocycles. The van der Waals surface area contributed by atoms with Gasteiger partial charge in [-0.2, -0.15) is 22.0 Å². The number of alkyl halides is 6. The minimum atomic E-state index is -5.73. The van der Waals surface area contributed by atoms with Crippen LogP contribution in [0.1, 0.15) is 19.4 Å². The van der Waals surface area contributed by atoms with Crippen LogP contribution in [0.5, 0.6) is 5.75 Å². The highest BCUT2D eigenvalue weighted by atomic mass is 19.4. The molecule has 0 aliphatic carbocycles. The summed E-state index contributed by atoms with van der Waals surface area (Å²) in [6, 6.07) is 5.96. The number of ether oxygens (including phenoxy) is 2. The van der Waals surface area contributed by atoms with Crippen LogP contribution in [-0.4, -0.2) is 24.7 Å². The maximum Gasteiger partial charge on any atom is 0.428 e. The molecule has 1 aromatic carbocycles. The van der Waals surface area contributed by atoms with Crippen LogP contribution in [-0.2, 0) is 4.74 Å². The van der Waals surface area contributed by atoms with Gasteiger partial charge in [0.1, 0.15) is 5.75 Å². The number of hydrogen-bond acceptors (Lipinski definition) is 2. The predicted octanol–water partition coefficient (Wildman–Crippen LogP) is 4.95. The average Bonchev–Trinajstić information content (AvgIpc) is 2.36. The average molecular weight is 328 g/mol. The molecule has 2 atom stereocenters. The Morgan fingerprint density at radius 1 is 1.09 bits per heavy atom. The molecule has 0 aromatic heterocycles. The standard InChI is InChI=1S/C14H14F6O2/c1-8(2)10-4-6-11(7-5-10)21-9(3)22-14(19,20)12(15)13(16,17)18/h4-7,9,12H,1H2,2-3H3. The molecule has 0 spiro atoms. The van der Waals surface area contributed by atoms with Crippen molar-refractivity contribution in [1.29, 1.82) is 0 Å². The van der Waals surface area contributed by atoms with Gasteiger partial charge in [0.25, 0.3) is 6.17 Å². The van der Waals surface area contributed by atoms with E-state index in [0.29, 0.717) is 0 Å². The van der Waals surface area contributed by atoms with E-state index >= 15 is 0 Å². The highest BCUT2D eigenvalue weighted by Crippen LogP contribution is 2.36. The summed E-state index contributed by atoms with van der Waals surface area (Å²) in [6.45, 7) is 6.38. The molecule has 0 saturated heterocycles. The van der Waals surface area contributed by atoms with E-state index in [4.69, 9.17) is 4.74 Å². The van der Waals surface area contributed by atoms with Crippen LogP contribution in [0.3, 0.4) is 0 Å². The molecule has 1 rings (SSSR count). The van der Waals surface area contributed by atoms with E-state index in [1.807, 2.05) is 0 Å². The van der Waals surface area contributed by atoms with Crippen LogP contribution in [0, 0.1) is 0 Å². The molecule has 22 heavy (non-hydrogen) atoms. The Balaban J connectivity index is 2.69. The molecule has 8 heteroatoms. The largest absolute Gasteiger partial charge is 0.465 e. The first kappa shape index (κ1) is 18.3. The Morgan fingerprint density at radius 3 is 2.00 bits per heavy atom. The second-order valence-electron chi connectivity index (χ2n) is 4.57. The predicted molar refractivity (Wildman–Crippen MR) is 68.2 cm³/mol. The van der Waals surface area contributed by atoms with E-state index in [0.717, 1.165) is 18.1 Å². The van der Waals surface area contributed by atoms with Crippen molar-refractivity contribution in [3.63, 3.8) is 0 Å². The van der Waals surface area contributed by atoms with Gasteiger partial charge < -0.3 is 4.74 Å². The van der Waals surface area contributed by atoms with E-state index in [2.05, 4.69) is 11.3 Å². The van der Waals surface area contributed by atoms with Crippen LogP contribution < -0.4 is 4.74 Å². The number of halogens is 6. The summed E-state index contributed by atoms with van der Waals surface area (Å²) in [5, 5.41) is 0. The Bertz CT molecular complexity index is 509. The Labute approximate surface area is 123 Å². The normalized spacial score (nSPS) is 15.3. The molecule has 1 aromatic rings. The van der Waals surface area contributed by atoms with Gasteiger partial charge in [-0.05, 0) is 31.5 Å². The number of allylic oxidation sites excluding steroid dienone is 1. The first-order valence-electron chi connectivity index (χ1n) is 6.12. The lowest BCUT2D eigenvalue weighted by atomic mass is 10.1. The van der Waals surface area contributed by atoms with Crippen molar-refractivity contribution in [1.82, 2.24) is 0 Å². The quantitative estimate of drug-likeness (QED) is 0.543. The van der Waals surface area contributed by atoms with Gasteiger partial charge in [-0.15, -0.1) is 0 Å². The lowest BCUT2D eigenvalue weighted by Crippen LogP contribution is -2.46. The Morgan fingerprint density at radius 2 is 1.59 bits per heavy atom. The second-order valence-corrected chi connectivity index (χ2v) is 4.57. The third-order valence-corrected chi connectivity index (χ3v) is 2.55. The number of benzene rings is 1. The zero-order valence-electron chi connectivity index (χ0n) is 11.8. The van der Waals surface area contributed by atoms with E-state index in [1.165, 1.54) is 12.1 Å². The third kappa shape index (κ3) is 4.94. The summed E-state index contributed by atoms with van der Waals surface area (Å²) in [7, 11) is 0. The number of rotatable bonds is 6. The third-order valence-electron chi connectivity index (χ3n) is 2.55. The van der Waals surface area contributed by atoms with Crippen LogP contribution in [0.25, 0.3) is 5.57 Å². The van der Waals surface area contributed by atoms with E-state index < -0.39 is 24.7 Å². The Kier molecular flexibility index (Phi) is 5.50. The number of hydrogen-bond donors (Lipinski definition) is 0. The fourth-order valence-corrected chi connectivity index (χ4v) is 1.51. The minimum absolute atomic E-state index is 0.0794. The van der Waals surface area contributed by atoms with Crippen molar-refractivity contribution in [2.45, 2.75) is 38.6 Å². The van der Waals surface area contributed by atoms with Crippen LogP contribution in [0.4, 0.5) is 26.3 Å². The summed E-state index contributed by atoms with van der Waals surface area (Å²) in [5.41, 5.74) is 1.53. The van der Waals surface area contributed by atoms with Crippen molar-refractivity contribution in [2.75, 3.05) is 0 Å². The first-order valence-corrected chi connectivity index (χ1v) is 6.12. The van der Waals surface area contributed by atoms with E-state index in [-0.39, 0.29) is 5.75 Å². The fourth-order valence-electron chi connectivity index (χ4n) is 1.51. The zero-order valence-corrected chi connectivity index (χ0v) is 11.8. The maximum absolute atomic E-state index is 13.0. The molecule has 2 unspecified atom stereocenters. The molecule has 0 fully saturated rings. The second kappa shape index (κ2) is 6.60. The van der Waals surface area contributed by atoms with Gasteiger partial charge in [0, 0.05) is 0 Å². The Hall–Kier alpha value is -1.70. The van der Waals surface area contributed by atoms with Crippen LogP contribution >= 0.6 is 0 Å². The van der Waals surface area contributed by atoms with Crippen molar-refractivity contribution < 1.29 is 35.8 Å². The topological polar surface area (TPSA) is 18.5 Å². The highest BCUT2D eigenvalue weighted by Gasteiger charge is 2.59. The SMILES string of the molecule is C=C(C)c1ccc(OC(C)OC(F)(F)C(F)C(F)(F)F)cc1. The summed E-state index contributed by atoms with van der Waals surface area (Å²) in [5.74, 6) is 0.0794. The first-order chi connectivity index (χ1) is 9.93. The molecule has 0 heterocycles. The smallest absolute Gasteiger partial charge is 0.428 e. The van der Waals surface area contributed by atoms with E-state index in [9.17, 15) is 26.3 Å². The van der Waals surface area contributed by atoms with Crippen molar-refractivity contribution >= 4 is 5.57 Å². The van der Waals surface area contributed by atoms with Gasteiger partial charge in [0.15, 0.2) is 0 Å². The molecule has 2 nitrogen and oxygen atoms in total. The van der Waals surface area contributed by atoms with Gasteiger partial charge in [0.05, 0.1) is 0 Å². The molecule has 0 radical (unpaired) electrons. The highest BCUT2D eigenvalue weighted by molar-refractivity contribution is 5.61. The van der Waals surface area contributed by atoms with Crippen molar-refractivity contribution in [3.05, 3.63) is 36.4 Å². The molecule has 0 aliphatic rings. The molecular weight excluding hydrogens is 314 g/mol. The zero-order chi connectivity index (χ0) is 17.1. The molecule has 0 bridgehead atoms. The molecule has 0 N–H and O–H groups in total. The minimum Gasteiger partial charge on any atom is -0.465 e. The van der Waals surface area contributed by atoms with Gasteiger partial charge in [-0.1, -0.05) is 24.3 Å². The van der Waals surface area contributed by atoms with E-state index in [1.54, 1.807) is 19.1 Å². The molecule has 124 valence electrons. The lowest BCUT2D eigenvalue weighted by molar-refractivity contribution is -0.363. The van der Waals surface area contributed by atoms with Crippen LogP contribution in [0.2, 0.25) is 0 Å². The summed E-state index contributed by atoms with van der Waals surface area (Å²) in [6.07, 6.45) is -17.0. The van der Waals surface area contributed by atoms with Gasteiger partial charge >= 0.3 is 12.3 Å². The summed E-state index contributed by atoms with van der Waals surface area (Å²) in [4.78, 5) is 0. The maximum atomic E-state index is 13.0. The van der Waals surface area contributed by atoms with Gasteiger partial charge in [-0.3, -0.25) is 4.74 Å². The van der Waals surface area contributed by atoms with Gasteiger partial charge in [-0.25, -0.2) is 4.39 Å². The summed E-state index contributed by atoms with van der Waals surface area (Å²) >= 11 is 0. The van der Waals surface area contributed by atoms with Crippen molar-refractivity contribution in [3.8, 4) is 5.75 Å². The molecule has 0 aliphatic heterocycles. The molecular formula is C14H14F6O2. The monoisotopic (exact) mass is 328 g/mol. The van der Waals surface area contributed by atoms with Crippen LogP contribution in [0.15, 0.2) is 30.8 Å².